The number of alkyl halides is 1. The first-order chi connectivity index (χ1) is 30.3. The molecule has 0 atom stereocenters. The van der Waals surface area contributed by atoms with Crippen molar-refractivity contribution in [2.45, 2.75) is 13.8 Å². The summed E-state index contributed by atoms with van der Waals surface area (Å²) in [5, 5.41) is 11.0. The van der Waals surface area contributed by atoms with E-state index in [0.717, 1.165) is 72.7 Å². The molecule has 2 heterocycles. The fraction of sp³-hybridized carbons (Fsp3) is 0.135. The Morgan fingerprint density at radius 3 is 1.38 bits per heavy atom. The number of allylic oxidation sites excluding steroid dienone is 1. The van der Waals surface area contributed by atoms with Gasteiger partial charge >= 0.3 is 17.9 Å². The average molecular weight is 979 g/mol. The Balaban J connectivity index is 0.000000176. The Morgan fingerprint density at radius 2 is 0.938 bits per heavy atom. The summed E-state index contributed by atoms with van der Waals surface area (Å²) in [5.74, 6) is -2.41. The first kappa shape index (κ1) is 48.1. The third-order valence-electron chi connectivity index (χ3n) is 10.5. The van der Waals surface area contributed by atoms with Crippen LogP contribution in [0.3, 0.4) is 0 Å². The van der Waals surface area contributed by atoms with E-state index in [1.807, 2.05) is 58.8 Å². The minimum absolute atomic E-state index is 0. The van der Waals surface area contributed by atoms with Crippen LogP contribution in [0, 0.1) is 17.5 Å². The lowest BCUT2D eigenvalue weighted by Crippen LogP contribution is -2.02. The molecule has 0 radical (unpaired) electrons. The van der Waals surface area contributed by atoms with E-state index in [4.69, 9.17) is 14.6 Å². The lowest BCUT2D eigenvalue weighted by molar-refractivity contribution is 0.0592. The summed E-state index contributed by atoms with van der Waals surface area (Å²) < 4.78 is 52.3. The van der Waals surface area contributed by atoms with E-state index in [-0.39, 0.29) is 42.4 Å². The fourth-order valence-corrected chi connectivity index (χ4v) is 7.36. The van der Waals surface area contributed by atoms with E-state index >= 15 is 0 Å². The molecule has 0 amide bonds. The van der Waals surface area contributed by atoms with E-state index < -0.39 is 5.97 Å². The van der Waals surface area contributed by atoms with Gasteiger partial charge in [0.2, 0.25) is 0 Å². The van der Waals surface area contributed by atoms with Crippen molar-refractivity contribution in [3.63, 3.8) is 0 Å². The van der Waals surface area contributed by atoms with Crippen LogP contribution in [-0.2, 0) is 30.0 Å². The number of aromatic carboxylic acids is 1. The van der Waals surface area contributed by atoms with Crippen molar-refractivity contribution >= 4 is 67.9 Å². The first-order valence-corrected chi connectivity index (χ1v) is 21.6. The van der Waals surface area contributed by atoms with Gasteiger partial charge in [-0.25, -0.2) is 27.6 Å². The van der Waals surface area contributed by atoms with Gasteiger partial charge in [0.05, 0.1) is 30.9 Å². The summed E-state index contributed by atoms with van der Waals surface area (Å²) in [6.07, 6.45) is 6.76. The highest BCUT2D eigenvalue weighted by molar-refractivity contribution is 14.1. The number of carbonyl (C=O) groups is 3. The summed E-state index contributed by atoms with van der Waals surface area (Å²) in [7, 11) is 6.51. The van der Waals surface area contributed by atoms with Gasteiger partial charge < -0.3 is 23.7 Å². The minimum atomic E-state index is -0.948. The second kappa shape index (κ2) is 21.4. The van der Waals surface area contributed by atoms with Gasteiger partial charge in [-0.05, 0) is 118 Å². The van der Waals surface area contributed by atoms with Gasteiger partial charge in [-0.3, -0.25) is 0 Å². The summed E-state index contributed by atoms with van der Waals surface area (Å²) >= 11 is 2.15. The SMILES string of the molecule is C.CI.COC(=O)c1ccc2c(-c3ccc(F)cc3)cn(C)c2c1.COC(=O)c1ccc2c(c1)CC=C2c1ccc(F)cc1.Cn1cc(-c2ccc(F)cc2)c2ccc(C(=O)O)cc21. The van der Waals surface area contributed by atoms with Gasteiger partial charge in [0.1, 0.15) is 17.5 Å². The molecule has 1 aliphatic carbocycles. The fourth-order valence-electron chi connectivity index (χ4n) is 7.36. The molecule has 6 aromatic carbocycles. The van der Waals surface area contributed by atoms with E-state index in [9.17, 15) is 27.6 Å². The van der Waals surface area contributed by atoms with E-state index in [0.29, 0.717) is 11.1 Å². The van der Waals surface area contributed by atoms with Crippen LogP contribution >= 0.6 is 22.6 Å². The molecule has 0 unspecified atom stereocenters. The quantitative estimate of drug-likeness (QED) is 0.101. The molecule has 12 heteroatoms. The number of hydrogen-bond donors (Lipinski definition) is 1. The van der Waals surface area contributed by atoms with E-state index in [2.05, 4.69) is 28.7 Å². The number of aromatic nitrogens is 2. The predicted octanol–water partition coefficient (Wildman–Crippen LogP) is 12.7. The van der Waals surface area contributed by atoms with Crippen LogP contribution in [0.5, 0.6) is 0 Å². The lowest BCUT2D eigenvalue weighted by Gasteiger charge is -2.08. The lowest BCUT2D eigenvalue weighted by atomic mass is 9.98. The Bertz CT molecular complexity index is 2970. The molecule has 0 saturated heterocycles. The number of aryl methyl sites for hydroxylation is 2. The molecule has 8 nitrogen and oxygen atoms in total. The highest BCUT2D eigenvalue weighted by atomic mass is 127. The number of carboxylic acids is 1. The Labute approximate surface area is 383 Å². The average Bonchev–Trinajstić information content (AvgIpc) is 3.99. The minimum Gasteiger partial charge on any atom is -0.478 e. The molecule has 0 fully saturated rings. The molecule has 0 bridgehead atoms. The van der Waals surface area contributed by atoms with Crippen LogP contribution < -0.4 is 0 Å². The monoisotopic (exact) mass is 978 g/mol. The van der Waals surface area contributed by atoms with Crippen molar-refractivity contribution in [3.05, 3.63) is 197 Å². The number of carboxylic acid groups (broad SMARTS) is 1. The van der Waals surface area contributed by atoms with Crippen molar-refractivity contribution in [3.8, 4) is 22.3 Å². The first-order valence-electron chi connectivity index (χ1n) is 19.4. The number of hydrogen-bond acceptors (Lipinski definition) is 5. The number of ether oxygens (including phenoxy) is 2. The number of halogens is 4. The number of esters is 2. The largest absolute Gasteiger partial charge is 0.478 e. The van der Waals surface area contributed by atoms with Crippen molar-refractivity contribution in [2.24, 2.45) is 14.1 Å². The van der Waals surface area contributed by atoms with Crippen LogP contribution in [0.25, 0.3) is 49.6 Å². The molecular formula is C52H46F3IN2O6. The second-order valence-electron chi connectivity index (χ2n) is 14.3. The van der Waals surface area contributed by atoms with Crippen LogP contribution in [0.15, 0.2) is 146 Å². The molecule has 9 rings (SSSR count). The molecule has 1 N–H and O–H groups in total. The third-order valence-corrected chi connectivity index (χ3v) is 10.5. The van der Waals surface area contributed by atoms with Gasteiger partial charge in [-0.15, -0.1) is 0 Å². The van der Waals surface area contributed by atoms with E-state index in [1.165, 1.54) is 50.6 Å². The van der Waals surface area contributed by atoms with Gasteiger partial charge in [0, 0.05) is 59.4 Å². The van der Waals surface area contributed by atoms with Gasteiger partial charge in [0.15, 0.2) is 0 Å². The molecule has 64 heavy (non-hydrogen) atoms. The standard InChI is InChI=1S/C17H14FNO2.C17H13FO2.C16H12FNO2.CH3I.CH4/c1-19-10-15(11-3-6-13(18)7-4-11)14-8-5-12(9-16(14)19)17(20)21-2;1-20-17(19)13-5-9-16-12(10-13)4-8-15(16)11-2-6-14(18)7-3-11;1-18-9-14(10-2-5-12(17)6-3-10)13-7-4-11(16(19)20)8-15(13)18;1-2;/h3-10H,1-2H3;2-3,5-10H,4H2,1H3;2-9H,1H3,(H,19,20);1H3;1H4. The predicted molar refractivity (Wildman–Crippen MR) is 257 cm³/mol. The Morgan fingerprint density at radius 1 is 0.547 bits per heavy atom. The topological polar surface area (TPSA) is 99.8 Å². The van der Waals surface area contributed by atoms with Gasteiger partial charge in [-0.2, -0.15) is 0 Å². The number of nitrogens with zero attached hydrogens (tertiary/aromatic N) is 2. The molecule has 8 aromatic rings. The summed E-state index contributed by atoms with van der Waals surface area (Å²) in [4.78, 5) is 36.1. The van der Waals surface area contributed by atoms with Crippen molar-refractivity contribution < 1.29 is 42.1 Å². The van der Waals surface area contributed by atoms with Crippen molar-refractivity contribution in [1.29, 1.82) is 0 Å². The molecule has 328 valence electrons. The summed E-state index contributed by atoms with van der Waals surface area (Å²) in [6, 6.07) is 35.1. The maximum absolute atomic E-state index is 13.0. The van der Waals surface area contributed by atoms with Crippen LogP contribution in [-0.4, -0.2) is 51.3 Å². The number of fused-ring (bicyclic) bond motifs is 3. The number of rotatable bonds is 6. The normalized spacial score (nSPS) is 11.0. The molecule has 2 aromatic heterocycles. The summed E-state index contributed by atoms with van der Waals surface area (Å²) in [6.45, 7) is 0. The van der Waals surface area contributed by atoms with Crippen LogP contribution in [0.1, 0.15) is 55.2 Å². The highest BCUT2D eigenvalue weighted by Gasteiger charge is 2.18. The highest BCUT2D eigenvalue weighted by Crippen LogP contribution is 2.35. The van der Waals surface area contributed by atoms with Gasteiger partial charge in [-0.1, -0.05) is 90.7 Å². The number of methoxy groups -OCH3 is 2. The molecule has 0 aliphatic heterocycles. The number of carbonyl (C=O) groups excluding carboxylic acids is 2. The Hall–Kier alpha value is -6.93. The third kappa shape index (κ3) is 10.6. The van der Waals surface area contributed by atoms with Crippen LogP contribution in [0.2, 0.25) is 0 Å². The zero-order valence-corrected chi connectivity index (χ0v) is 37.1. The van der Waals surface area contributed by atoms with Crippen LogP contribution in [0.4, 0.5) is 13.2 Å². The molecule has 1 aliphatic rings. The maximum Gasteiger partial charge on any atom is 0.337 e. The van der Waals surface area contributed by atoms with Crippen molar-refractivity contribution in [2.75, 3.05) is 19.2 Å². The van der Waals surface area contributed by atoms with E-state index in [1.54, 1.807) is 72.8 Å². The molecular weight excluding hydrogens is 932 g/mol. The zero-order valence-electron chi connectivity index (χ0n) is 35.0. The molecule has 0 spiro atoms. The molecule has 0 saturated carbocycles. The number of benzene rings is 6. The smallest absolute Gasteiger partial charge is 0.337 e. The zero-order chi connectivity index (χ0) is 45.4. The van der Waals surface area contributed by atoms with Gasteiger partial charge in [0.25, 0.3) is 0 Å². The summed E-state index contributed by atoms with van der Waals surface area (Å²) in [5.41, 5.74) is 11.1. The maximum atomic E-state index is 13.0. The second-order valence-corrected chi connectivity index (χ2v) is 14.3. The Kier molecular flexibility index (Phi) is 16.1. The van der Waals surface area contributed by atoms with Crippen molar-refractivity contribution in [1.82, 2.24) is 9.13 Å².